The Morgan fingerprint density at radius 3 is 3.20 bits per heavy atom. The first-order valence-corrected chi connectivity index (χ1v) is 6.14. The van der Waals surface area contributed by atoms with E-state index in [2.05, 4.69) is 9.97 Å². The third kappa shape index (κ3) is 2.41. The van der Waals surface area contributed by atoms with Crippen molar-refractivity contribution in [1.82, 2.24) is 9.97 Å². The molecule has 0 unspecified atom stereocenters. The number of ether oxygens (including phenoxy) is 1. The molecule has 4 nitrogen and oxygen atoms in total. The van der Waals surface area contributed by atoms with E-state index < -0.39 is 0 Å². The minimum Gasteiger partial charge on any atom is -0.385 e. The summed E-state index contributed by atoms with van der Waals surface area (Å²) in [5, 5.41) is 0. The summed E-state index contributed by atoms with van der Waals surface area (Å²) in [4.78, 5) is 18.9. The molecule has 5 heteroatoms. The van der Waals surface area contributed by atoms with Crippen molar-refractivity contribution in [3.05, 3.63) is 27.4 Å². The van der Waals surface area contributed by atoms with Crippen LogP contribution in [0.1, 0.15) is 23.5 Å². The molecule has 15 heavy (non-hydrogen) atoms. The number of methoxy groups -OCH3 is 1. The molecule has 0 saturated heterocycles. The summed E-state index contributed by atoms with van der Waals surface area (Å²) in [6.07, 6.45) is 1.67. The van der Waals surface area contributed by atoms with Gasteiger partial charge in [0.1, 0.15) is 5.82 Å². The second kappa shape index (κ2) is 4.81. The van der Waals surface area contributed by atoms with E-state index in [-0.39, 0.29) is 5.56 Å². The summed E-state index contributed by atoms with van der Waals surface area (Å²) in [5.41, 5.74) is 1.86. The van der Waals surface area contributed by atoms with Crippen LogP contribution in [0.25, 0.3) is 0 Å². The van der Waals surface area contributed by atoms with Crippen LogP contribution in [0, 0.1) is 0 Å². The first-order chi connectivity index (χ1) is 7.31. The summed E-state index contributed by atoms with van der Waals surface area (Å²) in [6.45, 7) is 0.704. The molecule has 82 valence electrons. The van der Waals surface area contributed by atoms with Gasteiger partial charge in [-0.15, -0.1) is 0 Å². The molecule has 0 radical (unpaired) electrons. The van der Waals surface area contributed by atoms with E-state index in [1.54, 1.807) is 18.9 Å². The van der Waals surface area contributed by atoms with Gasteiger partial charge in [-0.2, -0.15) is 11.8 Å². The SMILES string of the molecule is COCCCc1nc2c(c(=O)[nH]1)CSC2. The molecule has 1 aliphatic heterocycles. The molecule has 1 aliphatic rings. The topological polar surface area (TPSA) is 55.0 Å². The molecule has 0 spiro atoms. The molecule has 2 rings (SSSR count). The molecule has 2 heterocycles. The van der Waals surface area contributed by atoms with E-state index in [0.29, 0.717) is 6.61 Å². The van der Waals surface area contributed by atoms with Crippen LogP contribution in [-0.2, 0) is 22.7 Å². The fourth-order valence-electron chi connectivity index (χ4n) is 1.62. The smallest absolute Gasteiger partial charge is 0.255 e. The lowest BCUT2D eigenvalue weighted by Crippen LogP contribution is -2.17. The third-order valence-corrected chi connectivity index (χ3v) is 3.37. The molecule has 0 aliphatic carbocycles. The third-order valence-electron chi connectivity index (χ3n) is 2.40. The molecular formula is C10H14N2O2S. The average molecular weight is 226 g/mol. The Morgan fingerprint density at radius 2 is 2.40 bits per heavy atom. The van der Waals surface area contributed by atoms with E-state index in [9.17, 15) is 4.79 Å². The lowest BCUT2D eigenvalue weighted by molar-refractivity contribution is 0.194. The Bertz CT molecular complexity index is 403. The van der Waals surface area contributed by atoms with Crippen molar-refractivity contribution in [2.24, 2.45) is 0 Å². The molecule has 0 aromatic carbocycles. The number of rotatable bonds is 4. The van der Waals surface area contributed by atoms with E-state index in [4.69, 9.17) is 4.74 Å². The van der Waals surface area contributed by atoms with Crippen LogP contribution in [0.2, 0.25) is 0 Å². The van der Waals surface area contributed by atoms with Gasteiger partial charge >= 0.3 is 0 Å². The van der Waals surface area contributed by atoms with Crippen molar-refractivity contribution in [2.45, 2.75) is 24.3 Å². The Hall–Kier alpha value is -0.810. The predicted octanol–water partition coefficient (Wildman–Crippen LogP) is 1.10. The number of H-pyrrole nitrogens is 1. The minimum atomic E-state index is 0.0393. The number of fused-ring (bicyclic) bond motifs is 1. The molecular weight excluding hydrogens is 212 g/mol. The van der Waals surface area contributed by atoms with Gasteiger partial charge in [-0.25, -0.2) is 4.98 Å². The summed E-state index contributed by atoms with van der Waals surface area (Å²) in [7, 11) is 1.68. The van der Waals surface area contributed by atoms with E-state index in [1.165, 1.54) is 0 Å². The second-order valence-corrected chi connectivity index (χ2v) is 4.51. The minimum absolute atomic E-state index is 0.0393. The van der Waals surface area contributed by atoms with Gasteiger partial charge in [0.05, 0.1) is 5.69 Å². The quantitative estimate of drug-likeness (QED) is 0.781. The summed E-state index contributed by atoms with van der Waals surface area (Å²) in [6, 6.07) is 0. The Morgan fingerprint density at radius 1 is 1.53 bits per heavy atom. The van der Waals surface area contributed by atoms with Gasteiger partial charge in [0, 0.05) is 37.2 Å². The Balaban J connectivity index is 2.13. The Labute approximate surface area is 92.5 Å². The molecule has 0 saturated carbocycles. The van der Waals surface area contributed by atoms with E-state index in [0.717, 1.165) is 41.4 Å². The zero-order valence-electron chi connectivity index (χ0n) is 8.71. The van der Waals surface area contributed by atoms with Crippen molar-refractivity contribution in [1.29, 1.82) is 0 Å². The number of hydrogen-bond donors (Lipinski definition) is 1. The summed E-state index contributed by atoms with van der Waals surface area (Å²) in [5.74, 6) is 2.46. The van der Waals surface area contributed by atoms with E-state index in [1.807, 2.05) is 0 Å². The first-order valence-electron chi connectivity index (χ1n) is 4.99. The predicted molar refractivity (Wildman–Crippen MR) is 60.1 cm³/mol. The second-order valence-electron chi connectivity index (χ2n) is 3.53. The van der Waals surface area contributed by atoms with Gasteiger partial charge in [-0.05, 0) is 6.42 Å². The normalized spacial score (nSPS) is 14.2. The maximum atomic E-state index is 11.6. The number of nitrogens with one attached hydrogen (secondary N) is 1. The highest BCUT2D eigenvalue weighted by Gasteiger charge is 2.17. The van der Waals surface area contributed by atoms with Crippen LogP contribution >= 0.6 is 11.8 Å². The molecule has 0 bridgehead atoms. The van der Waals surface area contributed by atoms with E-state index >= 15 is 0 Å². The highest BCUT2D eigenvalue weighted by molar-refractivity contribution is 7.98. The standard InChI is InChI=1S/C10H14N2O2S/c1-14-4-2-3-9-11-8-6-15-5-7(8)10(13)12-9/h2-6H2,1H3,(H,11,12,13). The molecule has 0 amide bonds. The maximum absolute atomic E-state index is 11.6. The number of hydrogen-bond acceptors (Lipinski definition) is 4. The van der Waals surface area contributed by atoms with Crippen molar-refractivity contribution in [3.63, 3.8) is 0 Å². The molecule has 0 fully saturated rings. The zero-order valence-corrected chi connectivity index (χ0v) is 9.52. The largest absolute Gasteiger partial charge is 0.385 e. The van der Waals surface area contributed by atoms with Gasteiger partial charge in [-0.1, -0.05) is 0 Å². The van der Waals surface area contributed by atoms with Gasteiger partial charge in [-0.3, -0.25) is 4.79 Å². The van der Waals surface area contributed by atoms with Crippen LogP contribution in [0.5, 0.6) is 0 Å². The first kappa shape index (κ1) is 10.7. The summed E-state index contributed by atoms with van der Waals surface area (Å²) < 4.78 is 4.96. The lowest BCUT2D eigenvalue weighted by Gasteiger charge is -2.02. The van der Waals surface area contributed by atoms with Crippen molar-refractivity contribution in [3.8, 4) is 0 Å². The van der Waals surface area contributed by atoms with Crippen LogP contribution in [0.3, 0.4) is 0 Å². The van der Waals surface area contributed by atoms with Crippen molar-refractivity contribution < 1.29 is 4.74 Å². The molecule has 1 aromatic rings. The number of aryl methyl sites for hydroxylation is 1. The maximum Gasteiger partial charge on any atom is 0.255 e. The fraction of sp³-hybridized carbons (Fsp3) is 0.600. The Kier molecular flexibility index (Phi) is 3.43. The molecule has 0 atom stereocenters. The van der Waals surface area contributed by atoms with Crippen molar-refractivity contribution in [2.75, 3.05) is 13.7 Å². The van der Waals surface area contributed by atoms with Crippen LogP contribution in [0.15, 0.2) is 4.79 Å². The highest BCUT2D eigenvalue weighted by atomic mass is 32.2. The van der Waals surface area contributed by atoms with Gasteiger partial charge in [0.25, 0.3) is 5.56 Å². The summed E-state index contributed by atoms with van der Waals surface area (Å²) >= 11 is 1.75. The van der Waals surface area contributed by atoms with Gasteiger partial charge in [0.2, 0.25) is 0 Å². The number of aromatic nitrogens is 2. The zero-order chi connectivity index (χ0) is 10.7. The monoisotopic (exact) mass is 226 g/mol. The van der Waals surface area contributed by atoms with Crippen LogP contribution in [-0.4, -0.2) is 23.7 Å². The fourth-order valence-corrected chi connectivity index (χ4v) is 2.65. The van der Waals surface area contributed by atoms with Gasteiger partial charge in [0.15, 0.2) is 0 Å². The number of thioether (sulfide) groups is 1. The molecule has 1 aromatic heterocycles. The number of aromatic amines is 1. The highest BCUT2D eigenvalue weighted by Crippen LogP contribution is 2.25. The van der Waals surface area contributed by atoms with Crippen LogP contribution < -0.4 is 5.56 Å². The lowest BCUT2D eigenvalue weighted by atomic mass is 10.2. The van der Waals surface area contributed by atoms with Crippen molar-refractivity contribution >= 4 is 11.8 Å². The average Bonchev–Trinajstić information content (AvgIpc) is 2.66. The van der Waals surface area contributed by atoms with Gasteiger partial charge < -0.3 is 9.72 Å². The van der Waals surface area contributed by atoms with Crippen LogP contribution in [0.4, 0.5) is 0 Å². The number of nitrogens with zero attached hydrogens (tertiary/aromatic N) is 1. The molecule has 1 N–H and O–H groups in total.